The minimum atomic E-state index is -0.573. The maximum absolute atomic E-state index is 11.0. The van der Waals surface area contributed by atoms with Crippen LogP contribution in [0.25, 0.3) is 0 Å². The van der Waals surface area contributed by atoms with E-state index in [-0.39, 0.29) is 5.97 Å². The van der Waals surface area contributed by atoms with E-state index in [2.05, 4.69) is 9.57 Å². The molecule has 0 radical (unpaired) electrons. The highest BCUT2D eigenvalue weighted by molar-refractivity contribution is 6.15. The van der Waals surface area contributed by atoms with Gasteiger partial charge in [0.1, 0.15) is 5.54 Å². The van der Waals surface area contributed by atoms with Gasteiger partial charge in [0, 0.05) is 0 Å². The van der Waals surface area contributed by atoms with Gasteiger partial charge in [-0.05, 0) is 31.0 Å². The molecule has 0 aromatic heterocycles. The van der Waals surface area contributed by atoms with Crippen LogP contribution in [0.2, 0.25) is 0 Å². The second kappa shape index (κ2) is 2.76. The van der Waals surface area contributed by atoms with Crippen LogP contribution in [0.3, 0.4) is 0 Å². The molecular weight excluding hydrogens is 154 g/mol. The van der Waals surface area contributed by atoms with Gasteiger partial charge in [0.25, 0.3) is 0 Å². The van der Waals surface area contributed by atoms with E-state index in [0.29, 0.717) is 0 Å². The van der Waals surface area contributed by atoms with Crippen molar-refractivity contribution in [2.75, 3.05) is 7.11 Å². The summed E-state index contributed by atoms with van der Waals surface area (Å²) in [6.07, 6.45) is 2.60. The van der Waals surface area contributed by atoms with Crippen molar-refractivity contribution < 1.29 is 9.53 Å². The topological polar surface area (TPSA) is 38.3 Å². The number of ether oxygens (including phenoxy) is 1. The Morgan fingerprint density at radius 3 is 2.40 bits per heavy atom. The molecule has 3 nitrogen and oxygen atoms in total. The molecule has 1 aliphatic rings. The lowest BCUT2D eigenvalue weighted by Crippen LogP contribution is -2.54. The first-order valence-electron chi connectivity index (χ1n) is 3.21. The Bertz CT molecular complexity index is 139. The molecule has 0 amide bonds. The number of halogens is 1. The minimum absolute atomic E-state index is 0.256. The fourth-order valence-corrected chi connectivity index (χ4v) is 1.33. The highest BCUT2D eigenvalue weighted by Gasteiger charge is 2.44. The number of rotatable bonds is 2. The number of esters is 1. The quantitative estimate of drug-likeness (QED) is 0.484. The van der Waals surface area contributed by atoms with Crippen molar-refractivity contribution in [3.63, 3.8) is 0 Å². The van der Waals surface area contributed by atoms with Gasteiger partial charge in [-0.25, -0.2) is 4.84 Å². The van der Waals surface area contributed by atoms with Gasteiger partial charge in [0.15, 0.2) is 0 Å². The molecule has 0 bridgehead atoms. The molecule has 0 aliphatic heterocycles. The van der Waals surface area contributed by atoms with E-state index < -0.39 is 5.54 Å². The second-order valence-electron chi connectivity index (χ2n) is 2.52. The van der Waals surface area contributed by atoms with E-state index >= 15 is 0 Å². The summed E-state index contributed by atoms with van der Waals surface area (Å²) < 4.78 is 4.56. The lowest BCUT2D eigenvalue weighted by Gasteiger charge is -2.36. The first-order valence-corrected chi connectivity index (χ1v) is 3.59. The summed E-state index contributed by atoms with van der Waals surface area (Å²) in [6.45, 7) is 0. The molecule has 58 valence electrons. The summed E-state index contributed by atoms with van der Waals surface area (Å²) in [4.78, 5) is 13.4. The van der Waals surface area contributed by atoms with Crippen LogP contribution in [0, 0.1) is 0 Å². The number of nitrogens with one attached hydrogen (secondary N) is 1. The first-order chi connectivity index (χ1) is 4.75. The zero-order valence-electron chi connectivity index (χ0n) is 5.82. The molecule has 0 aromatic carbocycles. The Labute approximate surface area is 64.8 Å². The predicted octanol–water partition coefficient (Wildman–Crippen LogP) is 0.825. The molecule has 0 unspecified atom stereocenters. The van der Waals surface area contributed by atoms with E-state index in [4.69, 9.17) is 11.8 Å². The molecule has 1 rings (SSSR count). The van der Waals surface area contributed by atoms with E-state index in [9.17, 15) is 4.79 Å². The highest BCUT2D eigenvalue weighted by atomic mass is 35.5. The van der Waals surface area contributed by atoms with Gasteiger partial charge in [-0.3, -0.25) is 4.79 Å². The zero-order valence-corrected chi connectivity index (χ0v) is 6.57. The fourth-order valence-electron chi connectivity index (χ4n) is 1.06. The smallest absolute Gasteiger partial charge is 0.327 e. The number of carbonyl (C=O) groups is 1. The van der Waals surface area contributed by atoms with Crippen LogP contribution >= 0.6 is 11.8 Å². The van der Waals surface area contributed by atoms with Gasteiger partial charge in [0.05, 0.1) is 7.11 Å². The van der Waals surface area contributed by atoms with Crippen LogP contribution < -0.4 is 4.84 Å². The molecule has 1 N–H and O–H groups in total. The minimum Gasteiger partial charge on any atom is -0.468 e. The summed E-state index contributed by atoms with van der Waals surface area (Å²) >= 11 is 5.38. The van der Waals surface area contributed by atoms with Crippen molar-refractivity contribution in [3.05, 3.63) is 0 Å². The van der Waals surface area contributed by atoms with Crippen molar-refractivity contribution in [2.24, 2.45) is 0 Å². The van der Waals surface area contributed by atoms with Gasteiger partial charge in [-0.1, -0.05) is 0 Å². The largest absolute Gasteiger partial charge is 0.468 e. The van der Waals surface area contributed by atoms with Crippen molar-refractivity contribution in [2.45, 2.75) is 24.8 Å². The van der Waals surface area contributed by atoms with Crippen molar-refractivity contribution >= 4 is 17.7 Å². The summed E-state index contributed by atoms with van der Waals surface area (Å²) in [5.41, 5.74) is -0.573. The van der Waals surface area contributed by atoms with E-state index in [0.717, 1.165) is 19.3 Å². The van der Waals surface area contributed by atoms with E-state index in [1.54, 1.807) is 0 Å². The molecule has 1 fully saturated rings. The molecule has 0 atom stereocenters. The average Bonchev–Trinajstić information content (AvgIpc) is 1.86. The summed E-state index contributed by atoms with van der Waals surface area (Å²) in [5, 5.41) is 0. The Kier molecular flexibility index (Phi) is 2.16. The van der Waals surface area contributed by atoms with E-state index in [1.165, 1.54) is 7.11 Å². The molecule has 1 aliphatic carbocycles. The third kappa shape index (κ3) is 0.995. The molecule has 0 saturated heterocycles. The molecule has 0 aromatic rings. The standard InChI is InChI=1S/C6H10ClNO2/c1-10-5(9)6(8-7)3-2-4-6/h8H,2-4H2,1H3. The van der Waals surface area contributed by atoms with Crippen LogP contribution in [0.15, 0.2) is 0 Å². The van der Waals surface area contributed by atoms with Crippen LogP contribution in [-0.4, -0.2) is 18.6 Å². The fraction of sp³-hybridized carbons (Fsp3) is 0.833. The van der Waals surface area contributed by atoms with Crippen LogP contribution in [0.1, 0.15) is 19.3 Å². The summed E-state index contributed by atoms with van der Waals surface area (Å²) in [7, 11) is 1.37. The Morgan fingerprint density at radius 1 is 1.70 bits per heavy atom. The average molecular weight is 164 g/mol. The molecule has 4 heteroatoms. The molecule has 0 heterocycles. The second-order valence-corrected chi connectivity index (χ2v) is 2.71. The third-order valence-corrected chi connectivity index (χ3v) is 2.33. The Hall–Kier alpha value is -0.280. The highest BCUT2D eigenvalue weighted by Crippen LogP contribution is 2.33. The summed E-state index contributed by atoms with van der Waals surface area (Å²) in [5.74, 6) is -0.256. The SMILES string of the molecule is COC(=O)C1(NCl)CCC1. The lowest BCUT2D eigenvalue weighted by atomic mass is 9.78. The van der Waals surface area contributed by atoms with Gasteiger partial charge < -0.3 is 4.74 Å². The normalized spacial score (nSPS) is 21.4. The number of carbonyl (C=O) groups excluding carboxylic acids is 1. The molecule has 1 saturated carbocycles. The van der Waals surface area contributed by atoms with Crippen molar-refractivity contribution in [3.8, 4) is 0 Å². The van der Waals surface area contributed by atoms with Gasteiger partial charge in [0.2, 0.25) is 0 Å². The van der Waals surface area contributed by atoms with Crippen LogP contribution in [-0.2, 0) is 9.53 Å². The summed E-state index contributed by atoms with van der Waals surface area (Å²) in [6, 6.07) is 0. The van der Waals surface area contributed by atoms with E-state index in [1.807, 2.05) is 0 Å². The molecular formula is C6H10ClNO2. The zero-order chi connectivity index (χ0) is 7.61. The lowest BCUT2D eigenvalue weighted by molar-refractivity contribution is -0.151. The van der Waals surface area contributed by atoms with Gasteiger partial charge in [-0.2, -0.15) is 0 Å². The molecule has 0 spiro atoms. The maximum Gasteiger partial charge on any atom is 0.327 e. The van der Waals surface area contributed by atoms with Crippen LogP contribution in [0.4, 0.5) is 0 Å². The number of hydrogen-bond acceptors (Lipinski definition) is 3. The number of methoxy groups -OCH3 is 1. The monoisotopic (exact) mass is 163 g/mol. The maximum atomic E-state index is 11.0. The third-order valence-electron chi connectivity index (χ3n) is 1.96. The predicted molar refractivity (Wildman–Crippen MR) is 37.6 cm³/mol. The van der Waals surface area contributed by atoms with Gasteiger partial charge >= 0.3 is 5.97 Å². The Balaban J connectivity index is 2.55. The van der Waals surface area contributed by atoms with Crippen molar-refractivity contribution in [1.29, 1.82) is 0 Å². The molecule has 10 heavy (non-hydrogen) atoms. The van der Waals surface area contributed by atoms with Crippen LogP contribution in [0.5, 0.6) is 0 Å². The first kappa shape index (κ1) is 7.82. The Morgan fingerprint density at radius 2 is 2.30 bits per heavy atom. The van der Waals surface area contributed by atoms with Gasteiger partial charge in [-0.15, -0.1) is 0 Å². The number of hydrogen-bond donors (Lipinski definition) is 1. The van der Waals surface area contributed by atoms with Crippen molar-refractivity contribution in [1.82, 2.24) is 4.84 Å².